The van der Waals surface area contributed by atoms with Crippen molar-refractivity contribution in [3.05, 3.63) is 30.3 Å². The summed E-state index contributed by atoms with van der Waals surface area (Å²) < 4.78 is 32.9. The molecule has 0 spiro atoms. The van der Waals surface area contributed by atoms with Crippen LogP contribution in [0.5, 0.6) is 0 Å². The van der Waals surface area contributed by atoms with Gasteiger partial charge in [-0.3, -0.25) is 14.4 Å². The second kappa shape index (κ2) is 15.5. The largest absolute Gasteiger partial charge is 0.480 e. The van der Waals surface area contributed by atoms with Crippen molar-refractivity contribution in [1.82, 2.24) is 26.0 Å². The van der Waals surface area contributed by atoms with Gasteiger partial charge in [-0.2, -0.15) is 4.72 Å². The third kappa shape index (κ3) is 9.51. The van der Waals surface area contributed by atoms with Crippen LogP contribution in [0.3, 0.4) is 0 Å². The van der Waals surface area contributed by atoms with Crippen molar-refractivity contribution in [2.45, 2.75) is 62.5 Å². The Morgan fingerprint density at radius 1 is 0.929 bits per heavy atom. The molecule has 2 amide bonds. The van der Waals surface area contributed by atoms with Gasteiger partial charge in [0.2, 0.25) is 16.9 Å². The van der Waals surface area contributed by atoms with Crippen molar-refractivity contribution >= 4 is 38.8 Å². The van der Waals surface area contributed by atoms with E-state index in [4.69, 9.17) is 4.42 Å². The molecule has 0 bridgehead atoms. The number of benzene rings is 1. The van der Waals surface area contributed by atoms with Gasteiger partial charge in [0.05, 0.1) is 6.54 Å². The first-order valence-electron chi connectivity index (χ1n) is 14.9. The molecule has 6 N–H and O–H groups in total. The Bertz CT molecular complexity index is 1250. The Morgan fingerprint density at radius 3 is 2.10 bits per heavy atom. The molecule has 0 radical (unpaired) electrons. The topological polar surface area (TPSA) is 179 Å². The lowest BCUT2D eigenvalue weighted by atomic mass is 9.84. The maximum atomic E-state index is 13.1. The van der Waals surface area contributed by atoms with Crippen LogP contribution in [0.4, 0.5) is 0 Å². The molecule has 2 aromatic rings. The van der Waals surface area contributed by atoms with Gasteiger partial charge in [0.25, 0.3) is 10.0 Å². The Hall–Kier alpha value is -3.00. The maximum absolute atomic E-state index is 13.1. The molecule has 232 valence electrons. The van der Waals surface area contributed by atoms with Crippen LogP contribution in [0, 0.1) is 17.8 Å². The van der Waals surface area contributed by atoms with Gasteiger partial charge in [-0.1, -0.05) is 18.2 Å². The monoisotopic (exact) mass is 605 g/mol. The SMILES string of the molecule is O=C(CNC(=O)C(CCC1CCNCC1)CCC1CCNCC1)NCC(NS(=O)(=O)c1cc2ccccc2o1)C(=O)O. The lowest BCUT2D eigenvalue weighted by Gasteiger charge is -2.27. The standard InChI is InChI=1S/C29H43N5O7S/c35-26(32-18-24(29(37)38)34-42(39,40)27-17-23-3-1-2-4-25(23)41-27)19-33-28(36)22(7-5-20-9-13-30-14-10-20)8-6-21-11-15-31-16-12-21/h1-4,17,20-22,24,30-31,34H,5-16,18-19H2,(H,32,35)(H,33,36)(H,37,38). The Morgan fingerprint density at radius 2 is 1.52 bits per heavy atom. The van der Waals surface area contributed by atoms with Crippen LogP contribution < -0.4 is 26.0 Å². The first-order chi connectivity index (χ1) is 20.2. The van der Waals surface area contributed by atoms with Crippen molar-refractivity contribution in [2.24, 2.45) is 17.8 Å². The minimum absolute atomic E-state index is 0.173. The average Bonchev–Trinajstić information content (AvgIpc) is 3.45. The Kier molecular flexibility index (Phi) is 11.8. The number of fused-ring (bicyclic) bond motifs is 1. The molecule has 1 unspecified atom stereocenters. The Labute approximate surface area is 246 Å². The van der Waals surface area contributed by atoms with E-state index in [2.05, 4.69) is 26.0 Å². The normalized spacial score (nSPS) is 17.7. The number of carboxylic acid groups (broad SMARTS) is 1. The molecule has 13 heteroatoms. The molecule has 1 aromatic carbocycles. The van der Waals surface area contributed by atoms with Crippen LogP contribution in [-0.2, 0) is 24.4 Å². The summed E-state index contributed by atoms with van der Waals surface area (Å²) in [7, 11) is -4.31. The number of amides is 2. The van der Waals surface area contributed by atoms with Crippen molar-refractivity contribution < 1.29 is 32.3 Å². The highest BCUT2D eigenvalue weighted by Crippen LogP contribution is 2.27. The second-order valence-electron chi connectivity index (χ2n) is 11.4. The fourth-order valence-electron chi connectivity index (χ4n) is 5.73. The zero-order valence-corrected chi connectivity index (χ0v) is 24.7. The summed E-state index contributed by atoms with van der Waals surface area (Å²) >= 11 is 0. The molecule has 12 nitrogen and oxygen atoms in total. The number of nitrogens with one attached hydrogen (secondary N) is 5. The first kappa shape index (κ1) is 31.9. The number of carbonyl (C=O) groups is 3. The van der Waals surface area contributed by atoms with E-state index in [1.54, 1.807) is 24.3 Å². The van der Waals surface area contributed by atoms with Crippen molar-refractivity contribution in [1.29, 1.82) is 0 Å². The highest BCUT2D eigenvalue weighted by molar-refractivity contribution is 7.89. The number of carbonyl (C=O) groups excluding carboxylic acids is 2. The lowest BCUT2D eigenvalue weighted by molar-refractivity contribution is -0.139. The van der Waals surface area contributed by atoms with Crippen LogP contribution in [-0.4, -0.2) is 76.6 Å². The number of furan rings is 1. The third-order valence-corrected chi connectivity index (χ3v) is 9.65. The molecule has 0 aliphatic carbocycles. The van der Waals surface area contributed by atoms with E-state index < -0.39 is 39.6 Å². The number of piperidine rings is 2. The fraction of sp³-hybridized carbons (Fsp3) is 0.621. The van der Waals surface area contributed by atoms with Crippen LogP contribution in [0.25, 0.3) is 11.0 Å². The summed E-state index contributed by atoms with van der Waals surface area (Å²) in [5, 5.41) is 21.6. The maximum Gasteiger partial charge on any atom is 0.323 e. The number of sulfonamides is 1. The van der Waals surface area contributed by atoms with Crippen LogP contribution in [0.2, 0.25) is 0 Å². The number of aliphatic carboxylic acids is 1. The quantitative estimate of drug-likeness (QED) is 0.176. The van der Waals surface area contributed by atoms with E-state index >= 15 is 0 Å². The van der Waals surface area contributed by atoms with Gasteiger partial charge >= 0.3 is 5.97 Å². The molecule has 0 saturated carbocycles. The molecular weight excluding hydrogens is 562 g/mol. The number of hydrogen-bond donors (Lipinski definition) is 6. The molecule has 2 fully saturated rings. The van der Waals surface area contributed by atoms with Crippen LogP contribution >= 0.6 is 0 Å². The van der Waals surface area contributed by atoms with E-state index in [0.717, 1.165) is 77.5 Å². The van der Waals surface area contributed by atoms with Gasteiger partial charge in [-0.15, -0.1) is 0 Å². The zero-order valence-electron chi connectivity index (χ0n) is 23.9. The number of hydrogen-bond acceptors (Lipinski definition) is 8. The van der Waals surface area contributed by atoms with E-state index in [1.807, 2.05) is 0 Å². The van der Waals surface area contributed by atoms with E-state index in [-0.39, 0.29) is 18.4 Å². The van der Waals surface area contributed by atoms with Crippen LogP contribution in [0.15, 0.2) is 39.8 Å². The second-order valence-corrected chi connectivity index (χ2v) is 13.0. The molecular formula is C29H43N5O7S. The molecule has 2 aliphatic rings. The Balaban J connectivity index is 1.27. The predicted molar refractivity (Wildman–Crippen MR) is 157 cm³/mol. The molecule has 3 heterocycles. The van der Waals surface area contributed by atoms with E-state index in [1.165, 1.54) is 6.07 Å². The summed E-state index contributed by atoms with van der Waals surface area (Å²) in [5.41, 5.74) is 0.346. The summed E-state index contributed by atoms with van der Waals surface area (Å²) in [5.74, 6) is -1.23. The van der Waals surface area contributed by atoms with Crippen LogP contribution in [0.1, 0.15) is 51.4 Å². The molecule has 2 saturated heterocycles. The average molecular weight is 606 g/mol. The van der Waals surface area contributed by atoms with Crippen molar-refractivity contribution in [3.8, 4) is 0 Å². The molecule has 1 atom stereocenters. The van der Waals surface area contributed by atoms with Gasteiger partial charge in [-0.05, 0) is 95.4 Å². The smallest absolute Gasteiger partial charge is 0.323 e. The third-order valence-electron chi connectivity index (χ3n) is 8.32. The molecule has 4 rings (SSSR count). The van der Waals surface area contributed by atoms with Gasteiger partial charge in [0, 0.05) is 23.9 Å². The number of para-hydroxylation sites is 1. The van der Waals surface area contributed by atoms with Gasteiger partial charge in [0.15, 0.2) is 0 Å². The summed E-state index contributed by atoms with van der Waals surface area (Å²) in [6, 6.07) is 6.36. The highest BCUT2D eigenvalue weighted by atomic mass is 32.2. The van der Waals surface area contributed by atoms with Gasteiger partial charge < -0.3 is 30.8 Å². The minimum Gasteiger partial charge on any atom is -0.480 e. The number of rotatable bonds is 15. The van der Waals surface area contributed by atoms with E-state index in [0.29, 0.717) is 22.8 Å². The molecule has 1 aromatic heterocycles. The summed E-state index contributed by atoms with van der Waals surface area (Å²) in [6.45, 7) is 3.19. The van der Waals surface area contributed by atoms with Gasteiger partial charge in [0.1, 0.15) is 11.6 Å². The zero-order chi connectivity index (χ0) is 30.0. The van der Waals surface area contributed by atoms with Crippen molar-refractivity contribution in [3.63, 3.8) is 0 Å². The number of carboxylic acids is 1. The molecule has 2 aliphatic heterocycles. The van der Waals surface area contributed by atoms with E-state index in [9.17, 15) is 27.9 Å². The molecule has 42 heavy (non-hydrogen) atoms. The predicted octanol–water partition coefficient (Wildman–Crippen LogP) is 1.57. The fourth-order valence-corrected chi connectivity index (χ4v) is 6.88. The summed E-state index contributed by atoms with van der Waals surface area (Å²) in [6.07, 6.45) is 7.92. The summed E-state index contributed by atoms with van der Waals surface area (Å²) in [4.78, 5) is 37.4. The first-order valence-corrected chi connectivity index (χ1v) is 16.4. The van der Waals surface area contributed by atoms with Gasteiger partial charge in [-0.25, -0.2) is 8.42 Å². The minimum atomic E-state index is -4.31. The highest BCUT2D eigenvalue weighted by Gasteiger charge is 2.29. The lowest BCUT2D eigenvalue weighted by Crippen LogP contribution is -2.50. The van der Waals surface area contributed by atoms with Crippen molar-refractivity contribution in [2.75, 3.05) is 39.3 Å².